The van der Waals surface area contributed by atoms with Crippen LogP contribution in [-0.2, 0) is 31.1 Å². The van der Waals surface area contributed by atoms with E-state index < -0.39 is 20.2 Å². The number of allylic oxidation sites excluding steroid dienone is 7. The number of anilines is 2. The summed E-state index contributed by atoms with van der Waals surface area (Å²) in [6, 6.07) is 25.5. The van der Waals surface area contributed by atoms with E-state index in [-0.39, 0.29) is 28.4 Å². The second kappa shape index (κ2) is 15.3. The topological polar surface area (TPSA) is 115 Å². The summed E-state index contributed by atoms with van der Waals surface area (Å²) < 4.78 is 64.1. The summed E-state index contributed by atoms with van der Waals surface area (Å²) in [4.78, 5) is 4.65. The lowest BCUT2D eigenvalue weighted by molar-refractivity contribution is 0.468. The van der Waals surface area contributed by atoms with Crippen molar-refractivity contribution in [2.45, 2.75) is 70.3 Å². The molecular formula is C43H50N2O6S2. The van der Waals surface area contributed by atoms with Crippen molar-refractivity contribution in [2.24, 2.45) is 0 Å². The molecule has 10 heteroatoms. The van der Waals surface area contributed by atoms with Gasteiger partial charge in [-0.15, -0.1) is 0 Å². The van der Waals surface area contributed by atoms with E-state index in [2.05, 4.69) is 122 Å². The molecule has 0 saturated carbocycles. The van der Waals surface area contributed by atoms with Crippen LogP contribution in [0.4, 0.5) is 11.4 Å². The Morgan fingerprint density at radius 2 is 1.15 bits per heavy atom. The molecule has 0 amide bonds. The van der Waals surface area contributed by atoms with Crippen molar-refractivity contribution in [3.05, 3.63) is 132 Å². The van der Waals surface area contributed by atoms with E-state index in [9.17, 15) is 25.9 Å². The molecule has 2 N–H and O–H groups in total. The first-order valence-electron chi connectivity index (χ1n) is 18.3. The highest BCUT2D eigenvalue weighted by molar-refractivity contribution is 7.86. The molecule has 0 aliphatic carbocycles. The lowest BCUT2D eigenvalue weighted by Gasteiger charge is -2.32. The standard InChI is InChI=1S/C43H50N2O6S2/c1-42(2)38(44(28-14-16-30-52(46,47)48)36-26-24-32-18-10-12-20-34(32)40(36)42)22-8-6-5-7-9-23-39-43(3,4)41-35-21-13-11-19-33(35)25-27-37(41)45(39)29-15-17-31-53(49,50)51/h5-13,18-27,38H,14-17,28-31H2,1-4H3,(H,46,47,48)(H,49,50,51)/b6-5+,9-7+,22-8+,39-23-. The van der Waals surface area contributed by atoms with Crippen LogP contribution in [0.25, 0.3) is 21.5 Å². The minimum absolute atomic E-state index is 0.0341. The monoisotopic (exact) mass is 754 g/mol. The van der Waals surface area contributed by atoms with Gasteiger partial charge in [-0.2, -0.15) is 16.8 Å². The average Bonchev–Trinajstić information content (AvgIpc) is 3.45. The number of hydrogen-bond acceptors (Lipinski definition) is 6. The number of unbranched alkanes of at least 4 members (excludes halogenated alkanes) is 2. The van der Waals surface area contributed by atoms with Crippen molar-refractivity contribution in [1.29, 1.82) is 0 Å². The zero-order chi connectivity index (χ0) is 38.0. The van der Waals surface area contributed by atoms with Crippen LogP contribution in [0.2, 0.25) is 0 Å². The maximum Gasteiger partial charge on any atom is 0.264 e. The Morgan fingerprint density at radius 3 is 1.77 bits per heavy atom. The molecule has 0 spiro atoms. The second-order valence-corrected chi connectivity index (χ2v) is 18.3. The van der Waals surface area contributed by atoms with Gasteiger partial charge >= 0.3 is 0 Å². The number of benzene rings is 4. The minimum atomic E-state index is -4.01. The molecule has 0 aromatic heterocycles. The van der Waals surface area contributed by atoms with Crippen molar-refractivity contribution in [2.75, 3.05) is 34.4 Å². The van der Waals surface area contributed by atoms with Crippen LogP contribution in [0, 0.1) is 0 Å². The quantitative estimate of drug-likeness (QED) is 0.0745. The van der Waals surface area contributed by atoms with Crippen LogP contribution >= 0.6 is 0 Å². The molecule has 6 rings (SSSR count). The summed E-state index contributed by atoms with van der Waals surface area (Å²) in [6.07, 6.45) is 16.5. The molecule has 0 fully saturated rings. The molecule has 0 bridgehead atoms. The van der Waals surface area contributed by atoms with E-state index in [4.69, 9.17) is 0 Å². The molecule has 280 valence electrons. The molecular weight excluding hydrogens is 705 g/mol. The maximum atomic E-state index is 11.4. The summed E-state index contributed by atoms with van der Waals surface area (Å²) in [6.45, 7) is 10.3. The molecule has 0 saturated heterocycles. The minimum Gasteiger partial charge on any atom is -0.364 e. The van der Waals surface area contributed by atoms with Gasteiger partial charge in [-0.3, -0.25) is 9.11 Å². The smallest absolute Gasteiger partial charge is 0.264 e. The summed E-state index contributed by atoms with van der Waals surface area (Å²) in [5, 5.41) is 4.79. The van der Waals surface area contributed by atoms with E-state index in [1.165, 1.54) is 32.7 Å². The molecule has 2 heterocycles. The maximum absolute atomic E-state index is 11.4. The number of fused-ring (bicyclic) bond motifs is 6. The normalized spacial score (nSPS) is 19.1. The van der Waals surface area contributed by atoms with E-state index in [0.717, 1.165) is 17.1 Å². The largest absolute Gasteiger partial charge is 0.364 e. The van der Waals surface area contributed by atoms with Crippen molar-refractivity contribution >= 4 is 53.2 Å². The first-order chi connectivity index (χ1) is 25.1. The lowest BCUT2D eigenvalue weighted by atomic mass is 9.78. The molecule has 4 aromatic carbocycles. The molecule has 1 atom stereocenters. The fourth-order valence-electron chi connectivity index (χ4n) is 8.37. The van der Waals surface area contributed by atoms with E-state index in [1.807, 2.05) is 30.4 Å². The number of rotatable bonds is 14. The second-order valence-electron chi connectivity index (χ2n) is 15.2. The molecule has 2 aliphatic rings. The van der Waals surface area contributed by atoms with Gasteiger partial charge < -0.3 is 9.80 Å². The Balaban J connectivity index is 1.23. The van der Waals surface area contributed by atoms with Crippen LogP contribution in [0.3, 0.4) is 0 Å². The summed E-state index contributed by atoms with van der Waals surface area (Å²) in [5.74, 6) is -0.495. The lowest BCUT2D eigenvalue weighted by Crippen LogP contribution is -2.40. The van der Waals surface area contributed by atoms with Gasteiger partial charge in [0.15, 0.2) is 0 Å². The third-order valence-corrected chi connectivity index (χ3v) is 12.4. The van der Waals surface area contributed by atoms with Crippen LogP contribution in [0.1, 0.15) is 64.5 Å². The average molecular weight is 755 g/mol. The predicted octanol–water partition coefficient (Wildman–Crippen LogP) is 9.15. The van der Waals surface area contributed by atoms with Crippen molar-refractivity contribution in [1.82, 2.24) is 0 Å². The van der Waals surface area contributed by atoms with Gasteiger partial charge in [-0.05, 0) is 76.6 Å². The van der Waals surface area contributed by atoms with Crippen LogP contribution < -0.4 is 9.80 Å². The molecule has 2 aliphatic heterocycles. The van der Waals surface area contributed by atoms with Gasteiger partial charge in [0, 0.05) is 41.0 Å². The van der Waals surface area contributed by atoms with Crippen molar-refractivity contribution < 1.29 is 25.9 Å². The Bertz CT molecular complexity index is 2340. The Morgan fingerprint density at radius 1 is 0.623 bits per heavy atom. The summed E-state index contributed by atoms with van der Waals surface area (Å²) in [5.41, 5.74) is 5.41. The summed E-state index contributed by atoms with van der Waals surface area (Å²) in [7, 11) is -8.01. The number of nitrogens with zero attached hydrogens (tertiary/aromatic N) is 2. The third kappa shape index (κ3) is 8.31. The molecule has 1 unspecified atom stereocenters. The Kier molecular flexibility index (Phi) is 11.1. The van der Waals surface area contributed by atoms with Crippen LogP contribution in [0.5, 0.6) is 0 Å². The highest BCUT2D eigenvalue weighted by atomic mass is 32.2. The first kappa shape index (κ1) is 38.5. The Hall–Kier alpha value is -4.22. The fourth-order valence-corrected chi connectivity index (χ4v) is 9.51. The van der Waals surface area contributed by atoms with Crippen molar-refractivity contribution in [3.8, 4) is 0 Å². The molecule has 8 nitrogen and oxygen atoms in total. The SMILES string of the molecule is CC1(C)/C(=C/C=C/C=C/C=C/C2N(CCCCS(=O)(=O)O)c3ccc4ccccc4c3C2(C)C)N(CCCCS(=O)(=O)O)c2ccc3ccccc3c21. The van der Waals surface area contributed by atoms with Crippen LogP contribution in [-0.4, -0.2) is 56.6 Å². The first-order valence-corrected chi connectivity index (χ1v) is 21.5. The van der Waals surface area contributed by atoms with E-state index >= 15 is 0 Å². The van der Waals surface area contributed by atoms with E-state index in [1.54, 1.807) is 0 Å². The third-order valence-electron chi connectivity index (χ3n) is 10.8. The highest BCUT2D eigenvalue weighted by Crippen LogP contribution is 2.51. The molecule has 53 heavy (non-hydrogen) atoms. The van der Waals surface area contributed by atoms with Gasteiger partial charge in [0.05, 0.1) is 17.5 Å². The van der Waals surface area contributed by atoms with Gasteiger partial charge in [0.1, 0.15) is 0 Å². The zero-order valence-corrected chi connectivity index (χ0v) is 32.6. The van der Waals surface area contributed by atoms with Gasteiger partial charge in [0.25, 0.3) is 20.2 Å². The Labute approximate surface area is 314 Å². The van der Waals surface area contributed by atoms with Crippen molar-refractivity contribution in [3.63, 3.8) is 0 Å². The van der Waals surface area contributed by atoms with Gasteiger partial charge in [0.2, 0.25) is 0 Å². The van der Waals surface area contributed by atoms with Crippen LogP contribution in [0.15, 0.2) is 121 Å². The summed E-state index contributed by atoms with van der Waals surface area (Å²) >= 11 is 0. The number of hydrogen-bond donors (Lipinski definition) is 2. The zero-order valence-electron chi connectivity index (χ0n) is 30.9. The van der Waals surface area contributed by atoms with E-state index in [0.29, 0.717) is 38.8 Å². The van der Waals surface area contributed by atoms with Gasteiger partial charge in [-0.1, -0.05) is 125 Å². The fraction of sp³-hybridized carbons (Fsp3) is 0.349. The predicted molar refractivity (Wildman–Crippen MR) is 219 cm³/mol. The van der Waals surface area contributed by atoms with Gasteiger partial charge in [-0.25, -0.2) is 0 Å². The molecule has 0 radical (unpaired) electrons. The highest BCUT2D eigenvalue weighted by Gasteiger charge is 2.44. The molecule has 4 aromatic rings.